The number of thiazole rings is 2. The summed E-state index contributed by atoms with van der Waals surface area (Å²) in [5, 5.41) is 106. The molecule has 1 unspecified atom stereocenters. The molecule has 124 heavy (non-hydrogen) atoms. The van der Waals surface area contributed by atoms with Crippen LogP contribution in [-0.4, -0.2) is 139 Å². The molecule has 0 saturated carbocycles. The van der Waals surface area contributed by atoms with Gasteiger partial charge in [-0.3, -0.25) is 51.4 Å². The molecule has 0 saturated heterocycles. The van der Waals surface area contributed by atoms with E-state index in [4.69, 9.17) is 46.2 Å². The van der Waals surface area contributed by atoms with Crippen molar-refractivity contribution in [3.05, 3.63) is 309 Å². The number of carbonyl (C=O) groups is 4. The Bertz CT molecular complexity index is 6060. The Morgan fingerprint density at radius 3 is 1.26 bits per heavy atom. The highest BCUT2D eigenvalue weighted by molar-refractivity contribution is 9.09. The van der Waals surface area contributed by atoms with E-state index in [9.17, 15) is 64.8 Å². The summed E-state index contributed by atoms with van der Waals surface area (Å²) in [5.41, 5.74) is 36.9. The highest BCUT2D eigenvalue weighted by atomic mass is 79.9. The minimum atomic E-state index is -1.32. The van der Waals surface area contributed by atoms with Crippen LogP contribution in [0.3, 0.4) is 0 Å². The minimum Gasteiger partial charge on any atom is -0.497 e. The van der Waals surface area contributed by atoms with E-state index < -0.39 is 37.5 Å². The molecule has 0 radical (unpaired) electrons. The number of carboxylic acids is 3. The molecule has 3 aromatic heterocycles. The zero-order valence-electron chi connectivity index (χ0n) is 64.9. The van der Waals surface area contributed by atoms with Gasteiger partial charge in [0.2, 0.25) is 10.3 Å². The molecule has 0 fully saturated rings. The first kappa shape index (κ1) is 93.4. The Hall–Kier alpha value is -16.1. The second kappa shape index (κ2) is 46.9. The first-order valence-electron chi connectivity index (χ1n) is 35.5. The van der Waals surface area contributed by atoms with Crippen LogP contribution in [0.4, 0.5) is 38.7 Å². The van der Waals surface area contributed by atoms with Gasteiger partial charge >= 0.3 is 17.9 Å². The number of thiocarbonyl (C=S) groups is 1. The maximum absolute atomic E-state index is 12.4. The Morgan fingerprint density at radius 2 is 0.919 bits per heavy atom. The number of aliphatic hydroxyl groups excluding tert-OH is 2. The number of alkyl halides is 1. The lowest BCUT2D eigenvalue weighted by atomic mass is 10.0. The number of aliphatic hydroxyl groups is 2. The molecule has 39 nitrogen and oxygen atoms in total. The Morgan fingerprint density at radius 1 is 0.565 bits per heavy atom. The molecule has 10 N–H and O–H groups in total. The van der Waals surface area contributed by atoms with Crippen molar-refractivity contribution in [3.8, 4) is 78.7 Å². The van der Waals surface area contributed by atoms with Crippen LogP contribution >= 0.6 is 50.8 Å². The number of nitro benzene ring substituents is 3. The highest BCUT2D eigenvalue weighted by Gasteiger charge is 2.25. The van der Waals surface area contributed by atoms with Gasteiger partial charge in [-0.15, -0.1) is 11.5 Å². The van der Waals surface area contributed by atoms with Crippen molar-refractivity contribution < 1.29 is 73.7 Å². The lowest BCUT2D eigenvalue weighted by Crippen LogP contribution is -2.28. The van der Waals surface area contributed by atoms with Crippen molar-refractivity contribution in [1.29, 1.82) is 0 Å². The monoisotopic (exact) mass is 1800 g/mol. The number of rotatable bonds is 31. The molecular formula is C81H68BrN21O18S3. The molecule has 3 heterocycles. The lowest BCUT2D eigenvalue weighted by molar-refractivity contribution is -0.385. The van der Waals surface area contributed by atoms with Gasteiger partial charge in [0.15, 0.2) is 10.9 Å². The summed E-state index contributed by atoms with van der Waals surface area (Å²) in [7, 11) is 4.72. The van der Waals surface area contributed by atoms with Crippen molar-refractivity contribution in [2.75, 3.05) is 38.8 Å². The van der Waals surface area contributed by atoms with Crippen LogP contribution in [-0.2, 0) is 40.3 Å². The van der Waals surface area contributed by atoms with E-state index in [0.29, 0.717) is 61.5 Å². The fraction of sp³-hybridized carbons (Fsp3) is 0.111. The molecule has 12 rings (SSSR count). The summed E-state index contributed by atoms with van der Waals surface area (Å²) in [6, 6.07) is 60.5. The fourth-order valence-electron chi connectivity index (χ4n) is 10.7. The Labute approximate surface area is 724 Å². The predicted octanol–water partition coefficient (Wildman–Crippen LogP) is 16.0. The van der Waals surface area contributed by atoms with E-state index >= 15 is 0 Å². The SMILES string of the molecule is C#CCO.COc1ccc(-c2nc(N/N=C(\Cc3ccccc3[N+](=O)[O-])C(=O)O)sc2-c2ccc(-n3cc(CO)nn3)cc2)cc1.COc1ccc(-c2nc(N/N=C(\Cc3ccccc3[N+](=O)[O-])C(=O)O)sc2-c2ccc(N=[N+]=[N-])cc2)cc1.COc1ccc(C(=O)C(Br)c2ccc(N=[N+]=[N-])cc2)cc1.NC(=S)N/N=C(/Cc1ccccc1[N+](=O)[O-])C(=O)O. The van der Waals surface area contributed by atoms with E-state index in [1.54, 1.807) is 135 Å². The lowest BCUT2D eigenvalue weighted by Gasteiger charge is -2.10. The molecule has 12 aromatic rings. The molecule has 0 amide bonds. The number of Topliss-reactive ketones (excluding diaryl/α,β-unsaturated/α-hetero) is 1. The summed E-state index contributed by atoms with van der Waals surface area (Å²) in [6.45, 7) is -0.367. The maximum Gasteiger partial charge on any atom is 0.352 e. The largest absolute Gasteiger partial charge is 0.497 e. The zero-order valence-corrected chi connectivity index (χ0v) is 68.9. The summed E-state index contributed by atoms with van der Waals surface area (Å²) < 4.78 is 17.1. The van der Waals surface area contributed by atoms with Crippen LogP contribution in [0.5, 0.6) is 17.2 Å². The first-order chi connectivity index (χ1) is 59.7. The number of aliphatic carboxylic acids is 3. The second-order valence-corrected chi connectivity index (χ2v) is 27.9. The first-order valence-corrected chi connectivity index (χ1v) is 38.4. The van der Waals surface area contributed by atoms with Crippen LogP contribution in [0.15, 0.2) is 250 Å². The van der Waals surface area contributed by atoms with Gasteiger partial charge in [-0.05, 0) is 125 Å². The number of nitro groups is 3. The van der Waals surface area contributed by atoms with Crippen LogP contribution in [0.1, 0.15) is 43.1 Å². The van der Waals surface area contributed by atoms with Gasteiger partial charge in [0.1, 0.15) is 51.5 Å². The highest BCUT2D eigenvalue weighted by Crippen LogP contribution is 2.42. The number of aromatic nitrogens is 5. The van der Waals surface area contributed by atoms with Crippen LogP contribution in [0, 0.1) is 42.7 Å². The van der Waals surface area contributed by atoms with Crippen LogP contribution in [0.2, 0.25) is 0 Å². The quantitative estimate of drug-likeness (QED) is 0.00186. The van der Waals surface area contributed by atoms with Crippen LogP contribution < -0.4 is 36.2 Å². The van der Waals surface area contributed by atoms with E-state index in [1.807, 2.05) is 66.6 Å². The molecule has 0 spiro atoms. The number of halogens is 1. The van der Waals surface area contributed by atoms with Gasteiger partial charge < -0.3 is 45.5 Å². The smallest absolute Gasteiger partial charge is 0.352 e. The summed E-state index contributed by atoms with van der Waals surface area (Å²) in [6.07, 6.45) is 5.42. The molecule has 0 aliphatic rings. The number of terminal acetylenes is 1. The number of anilines is 2. The third kappa shape index (κ3) is 27.0. The number of hydrazone groups is 3. The van der Waals surface area contributed by atoms with Crippen molar-refractivity contribution >= 4 is 135 Å². The third-order valence-corrected chi connectivity index (χ3v) is 19.7. The van der Waals surface area contributed by atoms with E-state index in [0.717, 1.165) is 43.3 Å². The number of carbonyl (C=O) groups excluding carboxylic acids is 1. The van der Waals surface area contributed by atoms with Gasteiger partial charge in [-0.1, -0.05) is 175 Å². The fourth-order valence-corrected chi connectivity index (χ4v) is 13.2. The number of hydrogen-bond donors (Lipinski definition) is 9. The van der Waals surface area contributed by atoms with Crippen molar-refractivity contribution in [3.63, 3.8) is 0 Å². The number of nitrogens with zero attached hydrogens (tertiary/aromatic N) is 17. The van der Waals surface area contributed by atoms with E-state index in [2.05, 4.69) is 102 Å². The molecule has 630 valence electrons. The topological polar surface area (TPSA) is 580 Å². The number of nitrogens with two attached hydrogens (primary N) is 1. The second-order valence-electron chi connectivity index (χ2n) is 24.5. The number of methoxy groups -OCH3 is 3. The molecule has 0 bridgehead atoms. The maximum atomic E-state index is 12.4. The average Bonchev–Trinajstić information content (AvgIpc) is 1.65. The van der Waals surface area contributed by atoms with Crippen LogP contribution in [0.25, 0.3) is 70.0 Å². The van der Waals surface area contributed by atoms with Crippen molar-refractivity contribution in [2.45, 2.75) is 30.7 Å². The number of benzene rings is 9. The standard InChI is InChI=1S/C28H23N7O6S.C25H19N7O5S.C15H12BrN3O2.C10H10N4O4S.C3H4O/c1-41-22-12-8-17(9-13-22)25-26(18-6-10-21(11-7-18)34-15-20(16-36)30-33-34)42-28(29-25)32-31-23(27(37)38)14-19-4-2-3-5-24(19)35(39)40;1-37-19-12-8-15(9-13-19)22-23(16-6-10-18(11-7-16)28-31-26)38-25(27-22)30-29-20(24(33)34)14-17-4-2-3-5-21(17)32(35)36;1-21-13-8-4-11(5-9-13)15(20)14(16)10-2-6-12(7-3-10)18-19-17;11-10(19)13-12-7(9(15)16)5-6-3-1-2-4-8(6)14(17)18;1-2-3-4/h2-13,15,36H,14,16H2,1H3,(H,29,32)(H,37,38);2-13H,14H2,1H3,(H,27,30)(H,33,34);2-9,14H,1H3;1-4H,5H2,(H,15,16)(H3,11,13,19);1,4H,3H2/b31-23+;29-20+;;12-7-;. The average molecular weight is 1800 g/mol. The van der Waals surface area contributed by atoms with Crippen molar-refractivity contribution in [1.82, 2.24) is 30.4 Å². The molecule has 0 aliphatic carbocycles. The van der Waals surface area contributed by atoms with E-state index in [1.165, 1.54) is 77.3 Å². The number of nitrogens with one attached hydrogen (secondary N) is 3. The third-order valence-electron chi connectivity index (χ3n) is 16.7. The molecular weight excluding hydrogens is 1730 g/mol. The summed E-state index contributed by atoms with van der Waals surface area (Å²) in [5.74, 6) is 0.0390. The van der Waals surface area contributed by atoms with Gasteiger partial charge in [-0.25, -0.2) is 29.0 Å². The number of hydrogen-bond acceptors (Lipinski definition) is 29. The van der Waals surface area contributed by atoms with Gasteiger partial charge in [0.25, 0.3) is 17.1 Å². The molecule has 1 atom stereocenters. The summed E-state index contributed by atoms with van der Waals surface area (Å²) >= 11 is 10.4. The molecule has 0 aliphatic heterocycles. The van der Waals surface area contributed by atoms with Gasteiger partial charge in [0, 0.05) is 92.0 Å². The number of ketones is 1. The number of carboxylic acid groups (broad SMARTS) is 3. The minimum absolute atomic E-state index is 0.0470. The predicted molar refractivity (Wildman–Crippen MR) is 472 cm³/mol. The van der Waals surface area contributed by atoms with Gasteiger partial charge in [0.05, 0.1) is 75.7 Å². The number of azide groups is 2. The number of ether oxygens (including phenoxy) is 3. The Kier molecular flexibility index (Phi) is 35.4. The zero-order chi connectivity index (χ0) is 89.8. The Balaban J connectivity index is 0.000000212. The van der Waals surface area contributed by atoms with Gasteiger partial charge in [-0.2, -0.15) is 15.3 Å². The summed E-state index contributed by atoms with van der Waals surface area (Å²) in [4.78, 5) is 94.9. The molecule has 43 heteroatoms. The number of para-hydroxylation sites is 3. The van der Waals surface area contributed by atoms with Crippen molar-refractivity contribution in [2.24, 2.45) is 31.3 Å². The normalized spacial score (nSPS) is 10.9. The molecule has 9 aromatic carbocycles. The van der Waals surface area contributed by atoms with E-state index in [-0.39, 0.29) is 94.3 Å².